The van der Waals surface area contributed by atoms with Gasteiger partial charge in [-0.2, -0.15) is 0 Å². The van der Waals surface area contributed by atoms with Crippen LogP contribution in [0.4, 0.5) is 4.79 Å². The first kappa shape index (κ1) is 22.7. The zero-order valence-corrected chi connectivity index (χ0v) is 17.8. The highest BCUT2D eigenvalue weighted by Gasteiger charge is 2.31. The Morgan fingerprint density at radius 3 is 2.34 bits per heavy atom. The molecule has 0 spiro atoms. The van der Waals surface area contributed by atoms with Crippen molar-refractivity contribution in [3.05, 3.63) is 34.9 Å². The Morgan fingerprint density at radius 2 is 1.79 bits per heavy atom. The standard InChI is InChI=1S/C21H31N3O5/c1-14-8-15(2)10-16(9-14)17(25)11-22-18(26)12-23-6-7-24(13-19(23)27)20(28)29-21(3,4)5/h8-10,17,25H,6-7,11-13H2,1-5H3,(H,22,26)/t17-/m1/s1. The summed E-state index contributed by atoms with van der Waals surface area (Å²) >= 11 is 0. The summed E-state index contributed by atoms with van der Waals surface area (Å²) in [7, 11) is 0. The molecule has 0 bridgehead atoms. The molecule has 1 fully saturated rings. The molecule has 1 saturated heterocycles. The number of carbonyl (C=O) groups is 3. The molecule has 1 atom stereocenters. The van der Waals surface area contributed by atoms with Gasteiger partial charge in [-0.15, -0.1) is 0 Å². The first-order chi connectivity index (χ1) is 13.4. The number of nitrogens with zero attached hydrogens (tertiary/aromatic N) is 2. The second-order valence-corrected chi connectivity index (χ2v) is 8.46. The third-order valence-electron chi connectivity index (χ3n) is 4.43. The second kappa shape index (κ2) is 9.26. The number of amides is 3. The Hall–Kier alpha value is -2.61. The number of hydrogen-bond acceptors (Lipinski definition) is 5. The first-order valence-corrected chi connectivity index (χ1v) is 9.73. The fourth-order valence-corrected chi connectivity index (χ4v) is 3.12. The number of rotatable bonds is 5. The van der Waals surface area contributed by atoms with E-state index in [1.807, 2.05) is 32.0 Å². The highest BCUT2D eigenvalue weighted by Crippen LogP contribution is 2.16. The summed E-state index contributed by atoms with van der Waals surface area (Å²) in [6.45, 7) is 9.58. The zero-order valence-electron chi connectivity index (χ0n) is 17.8. The van der Waals surface area contributed by atoms with Gasteiger partial charge >= 0.3 is 6.09 Å². The number of ether oxygens (including phenoxy) is 1. The van der Waals surface area contributed by atoms with E-state index in [9.17, 15) is 19.5 Å². The minimum Gasteiger partial charge on any atom is -0.444 e. The van der Waals surface area contributed by atoms with Gasteiger partial charge < -0.3 is 20.1 Å². The van der Waals surface area contributed by atoms with E-state index in [1.54, 1.807) is 20.8 Å². The molecule has 0 unspecified atom stereocenters. The minimum absolute atomic E-state index is 0.0633. The van der Waals surface area contributed by atoms with Crippen LogP contribution in [0, 0.1) is 13.8 Å². The molecule has 3 amide bonds. The summed E-state index contributed by atoms with van der Waals surface area (Å²) in [6, 6.07) is 5.77. The van der Waals surface area contributed by atoms with Crippen molar-refractivity contribution in [3.63, 3.8) is 0 Å². The van der Waals surface area contributed by atoms with E-state index < -0.39 is 17.8 Å². The van der Waals surface area contributed by atoms with E-state index in [4.69, 9.17) is 4.74 Å². The first-order valence-electron chi connectivity index (χ1n) is 9.73. The van der Waals surface area contributed by atoms with Crippen LogP contribution >= 0.6 is 0 Å². The molecule has 1 aromatic rings. The average molecular weight is 405 g/mol. The van der Waals surface area contributed by atoms with Crippen molar-refractivity contribution in [1.29, 1.82) is 0 Å². The van der Waals surface area contributed by atoms with Crippen molar-refractivity contribution in [3.8, 4) is 0 Å². The summed E-state index contributed by atoms with van der Waals surface area (Å²) in [5, 5.41) is 13.0. The van der Waals surface area contributed by atoms with Gasteiger partial charge in [0, 0.05) is 19.6 Å². The molecule has 29 heavy (non-hydrogen) atoms. The third-order valence-corrected chi connectivity index (χ3v) is 4.43. The number of aryl methyl sites for hydroxylation is 2. The molecule has 0 aromatic heterocycles. The van der Waals surface area contributed by atoms with Crippen molar-refractivity contribution in [2.24, 2.45) is 0 Å². The Morgan fingerprint density at radius 1 is 1.17 bits per heavy atom. The summed E-state index contributed by atoms with van der Waals surface area (Å²) < 4.78 is 5.27. The minimum atomic E-state index is -0.822. The summed E-state index contributed by atoms with van der Waals surface area (Å²) in [5.74, 6) is -0.667. The topological polar surface area (TPSA) is 99.2 Å². The molecule has 160 valence electrons. The maximum Gasteiger partial charge on any atom is 0.410 e. The van der Waals surface area contributed by atoms with Gasteiger partial charge in [0.1, 0.15) is 12.1 Å². The highest BCUT2D eigenvalue weighted by molar-refractivity contribution is 5.88. The lowest BCUT2D eigenvalue weighted by atomic mass is 10.0. The lowest BCUT2D eigenvalue weighted by Gasteiger charge is -2.34. The van der Waals surface area contributed by atoms with Gasteiger partial charge in [-0.05, 0) is 40.2 Å². The van der Waals surface area contributed by atoms with E-state index in [-0.39, 0.29) is 38.0 Å². The van der Waals surface area contributed by atoms with Gasteiger partial charge in [0.25, 0.3) is 0 Å². The number of carbonyl (C=O) groups excluding carboxylic acids is 3. The number of piperazine rings is 1. The van der Waals surface area contributed by atoms with Crippen molar-refractivity contribution >= 4 is 17.9 Å². The van der Waals surface area contributed by atoms with Gasteiger partial charge in [0.2, 0.25) is 11.8 Å². The molecule has 0 saturated carbocycles. The van der Waals surface area contributed by atoms with E-state index >= 15 is 0 Å². The highest BCUT2D eigenvalue weighted by atomic mass is 16.6. The maximum atomic E-state index is 12.3. The number of aliphatic hydroxyl groups is 1. The summed E-state index contributed by atoms with van der Waals surface area (Å²) in [4.78, 5) is 39.3. The number of nitrogens with one attached hydrogen (secondary N) is 1. The fraction of sp³-hybridized carbons (Fsp3) is 0.571. The SMILES string of the molecule is Cc1cc(C)cc([C@H](O)CNC(=O)CN2CCN(C(=O)OC(C)(C)C)CC2=O)c1. The summed E-state index contributed by atoms with van der Waals surface area (Å²) in [6.07, 6.45) is -1.36. The molecule has 8 nitrogen and oxygen atoms in total. The van der Waals surface area contributed by atoms with Crippen LogP contribution in [0.1, 0.15) is 43.6 Å². The largest absolute Gasteiger partial charge is 0.444 e. The Kier molecular flexibility index (Phi) is 7.24. The zero-order chi connectivity index (χ0) is 21.8. The van der Waals surface area contributed by atoms with Gasteiger partial charge in [0.05, 0.1) is 12.6 Å². The van der Waals surface area contributed by atoms with Gasteiger partial charge in [0.15, 0.2) is 0 Å². The number of aliphatic hydroxyl groups excluding tert-OH is 1. The van der Waals surface area contributed by atoms with Gasteiger partial charge in [-0.1, -0.05) is 29.3 Å². The Bertz CT molecular complexity index is 752. The van der Waals surface area contributed by atoms with E-state index in [0.717, 1.165) is 16.7 Å². The quantitative estimate of drug-likeness (QED) is 0.774. The van der Waals surface area contributed by atoms with E-state index in [2.05, 4.69) is 5.32 Å². The molecular weight excluding hydrogens is 374 g/mol. The molecule has 2 rings (SSSR count). The maximum absolute atomic E-state index is 12.3. The number of benzene rings is 1. The van der Waals surface area contributed by atoms with Crippen molar-refractivity contribution in [2.75, 3.05) is 32.7 Å². The Labute approximate surface area is 171 Å². The number of hydrogen-bond donors (Lipinski definition) is 2. The third kappa shape index (κ3) is 7.05. The van der Waals surface area contributed by atoms with Crippen LogP contribution in [0.15, 0.2) is 18.2 Å². The van der Waals surface area contributed by atoms with Crippen LogP contribution < -0.4 is 5.32 Å². The molecule has 1 aliphatic rings. The van der Waals surface area contributed by atoms with E-state index in [0.29, 0.717) is 6.54 Å². The fourth-order valence-electron chi connectivity index (χ4n) is 3.12. The smallest absolute Gasteiger partial charge is 0.410 e. The van der Waals surface area contributed by atoms with Gasteiger partial charge in [-0.3, -0.25) is 14.5 Å². The Balaban J connectivity index is 1.81. The van der Waals surface area contributed by atoms with Gasteiger partial charge in [-0.25, -0.2) is 4.79 Å². The lowest BCUT2D eigenvalue weighted by molar-refractivity contribution is -0.140. The second-order valence-electron chi connectivity index (χ2n) is 8.46. The predicted octanol–water partition coefficient (Wildman–Crippen LogP) is 1.53. The lowest BCUT2D eigenvalue weighted by Crippen LogP contribution is -2.55. The molecule has 0 radical (unpaired) electrons. The van der Waals surface area contributed by atoms with Crippen molar-refractivity contribution in [2.45, 2.75) is 46.3 Å². The molecule has 1 aromatic carbocycles. The van der Waals surface area contributed by atoms with Crippen LogP contribution in [-0.4, -0.2) is 71.1 Å². The molecule has 0 aliphatic carbocycles. The average Bonchev–Trinajstić information content (AvgIpc) is 2.59. The van der Waals surface area contributed by atoms with Crippen molar-refractivity contribution < 1.29 is 24.2 Å². The van der Waals surface area contributed by atoms with E-state index in [1.165, 1.54) is 9.80 Å². The normalized spacial score (nSPS) is 15.9. The van der Waals surface area contributed by atoms with Crippen LogP contribution in [-0.2, 0) is 14.3 Å². The van der Waals surface area contributed by atoms with Crippen LogP contribution in [0.2, 0.25) is 0 Å². The molecule has 8 heteroatoms. The molecule has 1 heterocycles. The molecule has 2 N–H and O–H groups in total. The van der Waals surface area contributed by atoms with Crippen LogP contribution in [0.25, 0.3) is 0 Å². The van der Waals surface area contributed by atoms with Crippen LogP contribution in [0.3, 0.4) is 0 Å². The molecular formula is C21H31N3O5. The predicted molar refractivity (Wildman–Crippen MR) is 108 cm³/mol. The molecule has 1 aliphatic heterocycles. The monoisotopic (exact) mass is 405 g/mol. The van der Waals surface area contributed by atoms with Crippen LogP contribution in [0.5, 0.6) is 0 Å². The van der Waals surface area contributed by atoms with Crippen molar-refractivity contribution in [1.82, 2.24) is 15.1 Å². The summed E-state index contributed by atoms with van der Waals surface area (Å²) in [5.41, 5.74) is 2.19.